The zero-order valence-electron chi connectivity index (χ0n) is 12.9. The molecule has 21 heavy (non-hydrogen) atoms. The van der Waals surface area contributed by atoms with Gasteiger partial charge in [-0.15, -0.1) is 0 Å². The van der Waals surface area contributed by atoms with E-state index in [1.165, 1.54) is 5.56 Å². The van der Waals surface area contributed by atoms with E-state index in [1.54, 1.807) is 12.1 Å². The summed E-state index contributed by atoms with van der Waals surface area (Å²) in [6.45, 7) is 8.40. The molecule has 3 nitrogen and oxygen atoms in total. The van der Waals surface area contributed by atoms with Crippen LogP contribution in [0.3, 0.4) is 0 Å². The number of para-hydroxylation sites is 1. The lowest BCUT2D eigenvalue weighted by molar-refractivity contribution is 0.0691. The van der Waals surface area contributed by atoms with Gasteiger partial charge >= 0.3 is 5.97 Å². The molecule has 0 saturated carbocycles. The van der Waals surface area contributed by atoms with Crippen molar-refractivity contribution in [1.29, 1.82) is 0 Å². The number of hydrogen-bond acceptors (Lipinski definition) is 2. The van der Waals surface area contributed by atoms with Crippen LogP contribution in [0.5, 0.6) is 5.75 Å². The SMILES string of the molecule is Cc1cc(C)c(COc2c(C)cccc2C(=O)O)c(C)c1. The summed E-state index contributed by atoms with van der Waals surface area (Å²) in [7, 11) is 0. The molecular formula is C18H20O3. The first-order valence-corrected chi connectivity index (χ1v) is 6.92. The molecule has 2 rings (SSSR count). The summed E-state index contributed by atoms with van der Waals surface area (Å²) in [4.78, 5) is 11.3. The van der Waals surface area contributed by atoms with Gasteiger partial charge in [-0.2, -0.15) is 0 Å². The summed E-state index contributed by atoms with van der Waals surface area (Å²) in [6, 6.07) is 9.38. The topological polar surface area (TPSA) is 46.5 Å². The number of carboxylic acid groups (broad SMARTS) is 1. The Bertz CT molecular complexity index is 664. The van der Waals surface area contributed by atoms with Crippen LogP contribution >= 0.6 is 0 Å². The Labute approximate surface area is 125 Å². The highest BCUT2D eigenvalue weighted by atomic mass is 16.5. The quantitative estimate of drug-likeness (QED) is 0.915. The van der Waals surface area contributed by atoms with Crippen LogP contribution in [0.15, 0.2) is 30.3 Å². The molecule has 110 valence electrons. The molecule has 0 heterocycles. The number of ether oxygens (including phenoxy) is 1. The number of hydrogen-bond donors (Lipinski definition) is 1. The van der Waals surface area contributed by atoms with Crippen LogP contribution in [-0.2, 0) is 6.61 Å². The van der Waals surface area contributed by atoms with Gasteiger partial charge in [0.2, 0.25) is 0 Å². The van der Waals surface area contributed by atoms with Crippen molar-refractivity contribution in [3.8, 4) is 5.75 Å². The van der Waals surface area contributed by atoms with Crippen LogP contribution in [0.25, 0.3) is 0 Å². The van der Waals surface area contributed by atoms with Crippen LogP contribution in [0.1, 0.15) is 38.2 Å². The van der Waals surface area contributed by atoms with Crippen molar-refractivity contribution in [3.05, 3.63) is 63.7 Å². The maximum Gasteiger partial charge on any atom is 0.339 e. The number of aryl methyl sites for hydroxylation is 4. The van der Waals surface area contributed by atoms with Crippen molar-refractivity contribution in [1.82, 2.24) is 0 Å². The predicted octanol–water partition coefficient (Wildman–Crippen LogP) is 4.20. The smallest absolute Gasteiger partial charge is 0.339 e. The second-order valence-electron chi connectivity index (χ2n) is 5.42. The highest BCUT2D eigenvalue weighted by Crippen LogP contribution is 2.26. The van der Waals surface area contributed by atoms with Gasteiger partial charge in [-0.05, 0) is 56.0 Å². The summed E-state index contributed by atoms with van der Waals surface area (Å²) < 4.78 is 5.84. The van der Waals surface area contributed by atoms with E-state index in [0.29, 0.717) is 12.4 Å². The minimum Gasteiger partial charge on any atom is -0.488 e. The van der Waals surface area contributed by atoms with E-state index in [1.807, 2.05) is 13.0 Å². The van der Waals surface area contributed by atoms with E-state index in [9.17, 15) is 9.90 Å². The first-order valence-electron chi connectivity index (χ1n) is 6.92. The molecule has 3 heteroatoms. The van der Waals surface area contributed by atoms with Gasteiger partial charge in [0.05, 0.1) is 0 Å². The summed E-state index contributed by atoms with van der Waals surface area (Å²) >= 11 is 0. The third-order valence-corrected chi connectivity index (χ3v) is 3.64. The fourth-order valence-corrected chi connectivity index (χ4v) is 2.59. The maximum atomic E-state index is 11.3. The van der Waals surface area contributed by atoms with Gasteiger partial charge in [0.15, 0.2) is 0 Å². The van der Waals surface area contributed by atoms with E-state index in [4.69, 9.17) is 4.74 Å². The highest BCUT2D eigenvalue weighted by Gasteiger charge is 2.14. The van der Waals surface area contributed by atoms with Crippen molar-refractivity contribution < 1.29 is 14.6 Å². The van der Waals surface area contributed by atoms with E-state index in [2.05, 4.69) is 32.9 Å². The normalized spacial score (nSPS) is 10.5. The Morgan fingerprint density at radius 1 is 1.05 bits per heavy atom. The molecule has 0 aromatic heterocycles. The molecule has 2 aromatic rings. The lowest BCUT2D eigenvalue weighted by Gasteiger charge is -2.15. The Balaban J connectivity index is 2.31. The Morgan fingerprint density at radius 3 is 2.24 bits per heavy atom. The Hall–Kier alpha value is -2.29. The molecule has 0 radical (unpaired) electrons. The fourth-order valence-electron chi connectivity index (χ4n) is 2.59. The number of aromatic carboxylic acids is 1. The van der Waals surface area contributed by atoms with Gasteiger partial charge in [0.1, 0.15) is 17.9 Å². The van der Waals surface area contributed by atoms with E-state index >= 15 is 0 Å². The molecule has 0 amide bonds. The van der Waals surface area contributed by atoms with Gasteiger partial charge in [-0.3, -0.25) is 0 Å². The predicted molar refractivity (Wildman–Crippen MR) is 83.1 cm³/mol. The highest BCUT2D eigenvalue weighted by molar-refractivity contribution is 5.91. The van der Waals surface area contributed by atoms with Crippen molar-refractivity contribution in [2.45, 2.75) is 34.3 Å². The minimum absolute atomic E-state index is 0.206. The maximum absolute atomic E-state index is 11.3. The molecular weight excluding hydrogens is 264 g/mol. The van der Waals surface area contributed by atoms with Crippen LogP contribution in [0.2, 0.25) is 0 Å². The molecule has 1 N–H and O–H groups in total. The van der Waals surface area contributed by atoms with Gasteiger partial charge in [-0.1, -0.05) is 29.8 Å². The Morgan fingerprint density at radius 2 is 1.67 bits per heavy atom. The third-order valence-electron chi connectivity index (χ3n) is 3.64. The van der Waals surface area contributed by atoms with Crippen molar-refractivity contribution in [2.24, 2.45) is 0 Å². The van der Waals surface area contributed by atoms with Crippen LogP contribution in [0.4, 0.5) is 0 Å². The lowest BCUT2D eigenvalue weighted by Crippen LogP contribution is -2.07. The molecule has 0 bridgehead atoms. The van der Waals surface area contributed by atoms with E-state index in [0.717, 1.165) is 22.3 Å². The van der Waals surface area contributed by atoms with Crippen molar-refractivity contribution >= 4 is 5.97 Å². The monoisotopic (exact) mass is 284 g/mol. The van der Waals surface area contributed by atoms with E-state index in [-0.39, 0.29) is 5.56 Å². The first kappa shape index (κ1) is 15.1. The van der Waals surface area contributed by atoms with Crippen LogP contribution in [-0.4, -0.2) is 11.1 Å². The summed E-state index contributed by atoms with van der Waals surface area (Å²) in [5.41, 5.74) is 5.70. The zero-order chi connectivity index (χ0) is 15.6. The fraction of sp³-hybridized carbons (Fsp3) is 0.278. The molecule has 0 unspecified atom stereocenters. The second-order valence-corrected chi connectivity index (χ2v) is 5.42. The van der Waals surface area contributed by atoms with Crippen molar-refractivity contribution in [2.75, 3.05) is 0 Å². The molecule has 0 atom stereocenters. The Kier molecular flexibility index (Phi) is 4.32. The van der Waals surface area contributed by atoms with E-state index < -0.39 is 5.97 Å². The van der Waals surface area contributed by atoms with Gasteiger partial charge in [0.25, 0.3) is 0 Å². The standard InChI is InChI=1S/C18H20O3/c1-11-8-13(3)16(14(4)9-11)10-21-17-12(2)6-5-7-15(17)18(19)20/h5-9H,10H2,1-4H3,(H,19,20). The van der Waals surface area contributed by atoms with Crippen LogP contribution < -0.4 is 4.74 Å². The molecule has 0 spiro atoms. The van der Waals surface area contributed by atoms with Gasteiger partial charge < -0.3 is 9.84 Å². The van der Waals surface area contributed by atoms with Crippen molar-refractivity contribution in [3.63, 3.8) is 0 Å². The second kappa shape index (κ2) is 6.00. The number of rotatable bonds is 4. The average molecular weight is 284 g/mol. The van der Waals surface area contributed by atoms with Gasteiger partial charge in [0, 0.05) is 0 Å². The summed E-state index contributed by atoms with van der Waals surface area (Å²) in [5, 5.41) is 9.25. The minimum atomic E-state index is -0.967. The molecule has 0 aliphatic rings. The zero-order valence-corrected chi connectivity index (χ0v) is 12.9. The summed E-state index contributed by atoms with van der Waals surface area (Å²) in [6.07, 6.45) is 0. The third kappa shape index (κ3) is 3.24. The summed E-state index contributed by atoms with van der Waals surface area (Å²) in [5.74, 6) is -0.518. The number of carboxylic acids is 1. The van der Waals surface area contributed by atoms with Gasteiger partial charge in [-0.25, -0.2) is 4.79 Å². The number of benzene rings is 2. The first-order chi connectivity index (χ1) is 9.90. The molecule has 0 fully saturated rings. The molecule has 0 saturated heterocycles. The molecule has 0 aliphatic heterocycles. The average Bonchev–Trinajstić information content (AvgIpc) is 2.38. The number of carbonyl (C=O) groups is 1. The largest absolute Gasteiger partial charge is 0.488 e. The lowest BCUT2D eigenvalue weighted by atomic mass is 10.0. The molecule has 0 aliphatic carbocycles. The van der Waals surface area contributed by atoms with Crippen LogP contribution in [0, 0.1) is 27.7 Å². The molecule has 2 aromatic carbocycles.